The van der Waals surface area contributed by atoms with Crippen LogP contribution in [-0.4, -0.2) is 46.7 Å². The Labute approximate surface area is 115 Å². The zero-order chi connectivity index (χ0) is 15.2. The van der Waals surface area contributed by atoms with Gasteiger partial charge in [-0.15, -0.1) is 0 Å². The molecule has 0 aliphatic carbocycles. The van der Waals surface area contributed by atoms with Crippen molar-refractivity contribution in [3.05, 3.63) is 0 Å². The van der Waals surface area contributed by atoms with Crippen molar-refractivity contribution in [3.8, 4) is 0 Å². The van der Waals surface area contributed by atoms with Crippen LogP contribution < -0.4 is 0 Å². The summed E-state index contributed by atoms with van der Waals surface area (Å²) >= 11 is 0. The second kappa shape index (κ2) is 4.69. The normalized spacial score (nSPS) is 24.9. The minimum Gasteiger partial charge on any atom is -0.444 e. The van der Waals surface area contributed by atoms with E-state index in [4.69, 9.17) is 4.74 Å². The molecule has 0 aromatic rings. The highest BCUT2D eigenvalue weighted by Gasteiger charge is 2.50. The first-order valence-corrected chi connectivity index (χ1v) is 6.64. The predicted octanol–water partition coefficient (Wildman–Crippen LogP) is 2.46. The van der Waals surface area contributed by atoms with Gasteiger partial charge in [-0.3, -0.25) is 9.69 Å². The van der Waals surface area contributed by atoms with Gasteiger partial charge in [0.05, 0.1) is 0 Å². The Kier molecular flexibility index (Phi) is 3.90. The average Bonchev–Trinajstić information content (AvgIpc) is 2.39. The molecule has 0 N–H and O–H groups in total. The largest absolute Gasteiger partial charge is 0.444 e. The van der Waals surface area contributed by atoms with Crippen LogP contribution in [0.2, 0.25) is 0 Å². The number of likely N-dealkylation sites (N-methyl/N-ethyl adjacent to an activating group) is 1. The Morgan fingerprint density at radius 3 is 2.00 bits per heavy atom. The Bertz CT molecular complexity index is 379. The molecule has 5 heteroatoms. The van der Waals surface area contributed by atoms with Crippen LogP contribution in [0.3, 0.4) is 0 Å². The summed E-state index contributed by atoms with van der Waals surface area (Å²) in [5.41, 5.74) is -0.796. The molecule has 0 aromatic heterocycles. The minimum atomic E-state index is -0.566. The summed E-state index contributed by atoms with van der Waals surface area (Å²) in [6.45, 7) is 13.2. The Hall–Kier alpha value is -1.26. The lowest BCUT2D eigenvalue weighted by Gasteiger charge is -2.39. The third-order valence-electron chi connectivity index (χ3n) is 3.13. The first-order chi connectivity index (χ1) is 8.36. The third kappa shape index (κ3) is 3.19. The maximum Gasteiger partial charge on any atom is 0.412 e. The van der Waals surface area contributed by atoms with Gasteiger partial charge in [0.15, 0.2) is 0 Å². The van der Waals surface area contributed by atoms with Crippen molar-refractivity contribution in [1.82, 2.24) is 9.80 Å². The zero-order valence-corrected chi connectivity index (χ0v) is 13.3. The molecule has 0 unspecified atom stereocenters. The second-order valence-corrected chi connectivity index (χ2v) is 7.25. The fraction of sp³-hybridized carbons (Fsp3) is 0.857. The molecule has 110 valence electrons. The highest BCUT2D eigenvalue weighted by Crippen LogP contribution is 2.34. The molecule has 1 fully saturated rings. The first kappa shape index (κ1) is 15.8. The third-order valence-corrected chi connectivity index (χ3v) is 3.13. The van der Waals surface area contributed by atoms with Crippen molar-refractivity contribution in [3.63, 3.8) is 0 Å². The number of hydrogen-bond donors (Lipinski definition) is 0. The number of hydrogen-bond acceptors (Lipinski definition) is 3. The van der Waals surface area contributed by atoms with Crippen LogP contribution >= 0.6 is 0 Å². The molecule has 2 amide bonds. The molecule has 0 radical (unpaired) electrons. The van der Waals surface area contributed by atoms with E-state index in [0.29, 0.717) is 0 Å². The van der Waals surface area contributed by atoms with Gasteiger partial charge in [0.2, 0.25) is 5.91 Å². The molecular formula is C14H26N2O3. The molecule has 1 heterocycles. The van der Waals surface area contributed by atoms with Crippen LogP contribution in [0.15, 0.2) is 0 Å². The van der Waals surface area contributed by atoms with E-state index >= 15 is 0 Å². The first-order valence-electron chi connectivity index (χ1n) is 6.64. The van der Waals surface area contributed by atoms with Gasteiger partial charge in [0.25, 0.3) is 0 Å². The number of rotatable bonds is 0. The zero-order valence-electron chi connectivity index (χ0n) is 13.3. The van der Waals surface area contributed by atoms with Gasteiger partial charge in [-0.05, 0) is 27.7 Å². The number of ether oxygens (including phenoxy) is 1. The van der Waals surface area contributed by atoms with Crippen molar-refractivity contribution in [2.24, 2.45) is 5.41 Å². The van der Waals surface area contributed by atoms with Crippen molar-refractivity contribution in [1.29, 1.82) is 0 Å². The Balaban J connectivity index is 3.08. The van der Waals surface area contributed by atoms with Crippen molar-refractivity contribution < 1.29 is 14.3 Å². The topological polar surface area (TPSA) is 49.9 Å². The predicted molar refractivity (Wildman–Crippen MR) is 73.5 cm³/mol. The van der Waals surface area contributed by atoms with E-state index in [9.17, 15) is 9.59 Å². The second-order valence-electron chi connectivity index (χ2n) is 7.25. The molecule has 0 spiro atoms. The summed E-state index contributed by atoms with van der Waals surface area (Å²) < 4.78 is 5.42. The van der Waals surface area contributed by atoms with Crippen LogP contribution in [0.25, 0.3) is 0 Å². The van der Waals surface area contributed by atoms with Gasteiger partial charge in [0, 0.05) is 12.5 Å². The highest BCUT2D eigenvalue weighted by atomic mass is 16.6. The summed E-state index contributed by atoms with van der Waals surface area (Å²) in [7, 11) is 1.74. The highest BCUT2D eigenvalue weighted by molar-refractivity contribution is 5.89. The number of amides is 2. The number of nitrogens with zero attached hydrogens (tertiary/aromatic N) is 2. The van der Waals surface area contributed by atoms with Gasteiger partial charge in [-0.25, -0.2) is 4.79 Å². The van der Waals surface area contributed by atoms with E-state index in [-0.39, 0.29) is 17.5 Å². The van der Waals surface area contributed by atoms with Crippen LogP contribution in [-0.2, 0) is 9.53 Å². The smallest absolute Gasteiger partial charge is 0.412 e. The summed E-state index contributed by atoms with van der Waals surface area (Å²) in [6.07, 6.45) is -0.720. The standard InChI is InChI=1S/C14H26N2O3/c1-9-10(17)15(8)11(13(2,3)4)16(9)12(18)19-14(5,6)7/h9,11H,1-8H3/t9-,11-/m0/s1. The van der Waals surface area contributed by atoms with Crippen LogP contribution in [0.1, 0.15) is 48.5 Å². The van der Waals surface area contributed by atoms with E-state index in [2.05, 4.69) is 0 Å². The lowest BCUT2D eigenvalue weighted by molar-refractivity contribution is -0.129. The summed E-state index contributed by atoms with van der Waals surface area (Å²) in [5.74, 6) is -0.0502. The fourth-order valence-electron chi connectivity index (χ4n) is 2.50. The molecule has 1 saturated heterocycles. The van der Waals surface area contributed by atoms with Crippen molar-refractivity contribution in [2.45, 2.75) is 66.3 Å². The lowest BCUT2D eigenvalue weighted by Crippen LogP contribution is -2.51. The summed E-state index contributed by atoms with van der Waals surface area (Å²) in [6, 6.07) is -0.482. The molecule has 0 aromatic carbocycles. The molecule has 0 bridgehead atoms. The van der Waals surface area contributed by atoms with E-state index in [1.54, 1.807) is 23.8 Å². The molecular weight excluding hydrogens is 244 g/mol. The molecule has 19 heavy (non-hydrogen) atoms. The molecule has 0 saturated carbocycles. The van der Waals surface area contributed by atoms with Crippen LogP contribution in [0, 0.1) is 5.41 Å². The Morgan fingerprint density at radius 2 is 1.63 bits per heavy atom. The number of carbonyl (C=O) groups excluding carboxylic acids is 2. The van der Waals surface area contributed by atoms with Gasteiger partial charge >= 0.3 is 6.09 Å². The molecule has 2 atom stereocenters. The van der Waals surface area contributed by atoms with Gasteiger partial charge in [-0.1, -0.05) is 20.8 Å². The SMILES string of the molecule is C[C@H]1C(=O)N(C)[C@H](C(C)(C)C)N1C(=O)OC(C)(C)C. The molecule has 1 aliphatic rings. The number of carbonyl (C=O) groups is 2. The van der Waals surface area contributed by atoms with Gasteiger partial charge < -0.3 is 9.64 Å². The Morgan fingerprint density at radius 1 is 1.16 bits per heavy atom. The van der Waals surface area contributed by atoms with Crippen molar-refractivity contribution in [2.75, 3.05) is 7.05 Å². The minimum absolute atomic E-state index is 0.0502. The monoisotopic (exact) mass is 270 g/mol. The van der Waals surface area contributed by atoms with Crippen LogP contribution in [0.4, 0.5) is 4.79 Å². The lowest BCUT2D eigenvalue weighted by atomic mass is 9.91. The van der Waals surface area contributed by atoms with Crippen molar-refractivity contribution >= 4 is 12.0 Å². The van der Waals surface area contributed by atoms with E-state index < -0.39 is 17.7 Å². The van der Waals surface area contributed by atoms with Gasteiger partial charge in [0.1, 0.15) is 17.8 Å². The average molecular weight is 270 g/mol. The summed E-state index contributed by atoms with van der Waals surface area (Å²) in [5, 5.41) is 0. The molecule has 1 rings (SSSR count). The van der Waals surface area contributed by atoms with Crippen LogP contribution in [0.5, 0.6) is 0 Å². The van der Waals surface area contributed by atoms with E-state index in [0.717, 1.165) is 0 Å². The summed E-state index contributed by atoms with van der Waals surface area (Å²) in [4.78, 5) is 27.6. The maximum atomic E-state index is 12.3. The van der Waals surface area contributed by atoms with E-state index in [1.165, 1.54) is 0 Å². The fourth-order valence-corrected chi connectivity index (χ4v) is 2.50. The quantitative estimate of drug-likeness (QED) is 0.679. The molecule has 1 aliphatic heterocycles. The maximum absolute atomic E-state index is 12.3. The van der Waals surface area contributed by atoms with Gasteiger partial charge in [-0.2, -0.15) is 0 Å². The van der Waals surface area contributed by atoms with E-state index in [1.807, 2.05) is 41.5 Å². The molecule has 5 nitrogen and oxygen atoms in total.